The van der Waals surface area contributed by atoms with Gasteiger partial charge < -0.3 is 19.7 Å². The Morgan fingerprint density at radius 2 is 1.39 bits per heavy atom. The van der Waals surface area contributed by atoms with E-state index in [9.17, 15) is 23.4 Å². The first-order chi connectivity index (χ1) is 10.1. The highest BCUT2D eigenvalue weighted by molar-refractivity contribution is 4.75. The van der Waals surface area contributed by atoms with Crippen molar-refractivity contribution in [3.05, 3.63) is 0 Å². The fourth-order valence-electron chi connectivity index (χ4n) is 2.23. The highest BCUT2D eigenvalue weighted by Gasteiger charge is 2.36. The quantitative estimate of drug-likeness (QED) is 0.593. The summed E-state index contributed by atoms with van der Waals surface area (Å²) in [7, 11) is 0. The normalized spacial score (nSPS) is 17.9. The maximum absolute atomic E-state index is 12.8. The lowest BCUT2D eigenvalue weighted by Crippen LogP contribution is -2.34. The van der Waals surface area contributed by atoms with Crippen molar-refractivity contribution in [1.82, 2.24) is 0 Å². The molecule has 0 fully saturated rings. The van der Waals surface area contributed by atoms with E-state index in [4.69, 9.17) is 9.47 Å². The Morgan fingerprint density at radius 3 is 1.78 bits per heavy atom. The lowest BCUT2D eigenvalue weighted by Gasteiger charge is -2.32. The van der Waals surface area contributed by atoms with Gasteiger partial charge >= 0.3 is 6.18 Å². The van der Waals surface area contributed by atoms with Gasteiger partial charge in [-0.25, -0.2) is 0 Å². The molecule has 0 saturated carbocycles. The van der Waals surface area contributed by atoms with E-state index in [0.717, 1.165) is 0 Å². The summed E-state index contributed by atoms with van der Waals surface area (Å²) in [5.74, 6) is -3.78. The van der Waals surface area contributed by atoms with E-state index in [2.05, 4.69) is 0 Å². The van der Waals surface area contributed by atoms with Gasteiger partial charge in [0.05, 0.1) is 13.2 Å². The largest absolute Gasteiger partial charge is 0.389 e. The minimum atomic E-state index is -4.29. The SMILES string of the molecule is C[C@H]([C@H](COC(C)(C)O)CC(F)(F)F)[C@H](C)CCOC(C)(C)O. The maximum Gasteiger partial charge on any atom is 0.389 e. The van der Waals surface area contributed by atoms with Crippen LogP contribution >= 0.6 is 0 Å². The van der Waals surface area contributed by atoms with Gasteiger partial charge in [-0.05, 0) is 51.9 Å². The highest BCUT2D eigenvalue weighted by atomic mass is 19.4. The Kier molecular flexibility index (Phi) is 8.51. The minimum Gasteiger partial charge on any atom is -0.366 e. The molecule has 0 aliphatic heterocycles. The molecule has 140 valence electrons. The molecule has 0 aromatic carbocycles. The molecule has 3 atom stereocenters. The molecule has 0 spiro atoms. The predicted molar refractivity (Wildman–Crippen MR) is 81.6 cm³/mol. The van der Waals surface area contributed by atoms with E-state index in [0.29, 0.717) is 6.42 Å². The summed E-state index contributed by atoms with van der Waals surface area (Å²) in [5, 5.41) is 19.1. The smallest absolute Gasteiger partial charge is 0.366 e. The monoisotopic (exact) mass is 344 g/mol. The second-order valence-corrected chi connectivity index (χ2v) is 7.26. The summed E-state index contributed by atoms with van der Waals surface area (Å²) in [6.07, 6.45) is -4.71. The van der Waals surface area contributed by atoms with Crippen LogP contribution in [-0.4, -0.2) is 41.2 Å². The zero-order chi connectivity index (χ0) is 18.5. The highest BCUT2D eigenvalue weighted by Crippen LogP contribution is 2.34. The minimum absolute atomic E-state index is 0.0462. The Labute approximate surface area is 137 Å². The summed E-state index contributed by atoms with van der Waals surface area (Å²) < 4.78 is 48.7. The van der Waals surface area contributed by atoms with Crippen molar-refractivity contribution in [3.8, 4) is 0 Å². The van der Waals surface area contributed by atoms with E-state index in [1.807, 2.05) is 6.92 Å². The van der Waals surface area contributed by atoms with Crippen molar-refractivity contribution in [2.75, 3.05) is 13.2 Å². The second kappa shape index (κ2) is 8.65. The van der Waals surface area contributed by atoms with Gasteiger partial charge in [-0.15, -0.1) is 0 Å². The molecule has 0 aliphatic rings. The number of alkyl halides is 3. The van der Waals surface area contributed by atoms with Crippen LogP contribution in [0, 0.1) is 17.8 Å². The zero-order valence-electron chi connectivity index (χ0n) is 14.9. The van der Waals surface area contributed by atoms with Crippen LogP contribution in [-0.2, 0) is 9.47 Å². The van der Waals surface area contributed by atoms with Crippen molar-refractivity contribution in [2.45, 2.75) is 72.1 Å². The van der Waals surface area contributed by atoms with E-state index in [1.54, 1.807) is 6.92 Å². The van der Waals surface area contributed by atoms with Crippen LogP contribution in [0.5, 0.6) is 0 Å². The van der Waals surface area contributed by atoms with Crippen molar-refractivity contribution in [1.29, 1.82) is 0 Å². The number of hydrogen-bond donors (Lipinski definition) is 2. The fraction of sp³-hybridized carbons (Fsp3) is 1.00. The molecule has 4 nitrogen and oxygen atoms in total. The van der Waals surface area contributed by atoms with Crippen molar-refractivity contribution < 1.29 is 32.9 Å². The lowest BCUT2D eigenvalue weighted by atomic mass is 9.81. The van der Waals surface area contributed by atoms with Gasteiger partial charge in [0.25, 0.3) is 0 Å². The topological polar surface area (TPSA) is 58.9 Å². The Bertz CT molecular complexity index is 332. The molecule has 0 saturated heterocycles. The van der Waals surface area contributed by atoms with E-state index in [1.165, 1.54) is 27.7 Å². The van der Waals surface area contributed by atoms with Crippen LogP contribution < -0.4 is 0 Å². The van der Waals surface area contributed by atoms with Gasteiger partial charge in [-0.2, -0.15) is 13.2 Å². The lowest BCUT2D eigenvalue weighted by molar-refractivity contribution is -0.204. The first-order valence-corrected chi connectivity index (χ1v) is 7.90. The van der Waals surface area contributed by atoms with E-state index < -0.39 is 30.1 Å². The average Bonchev–Trinajstić information content (AvgIpc) is 2.29. The molecule has 23 heavy (non-hydrogen) atoms. The van der Waals surface area contributed by atoms with Gasteiger partial charge in [0, 0.05) is 6.42 Å². The molecule has 2 N–H and O–H groups in total. The number of rotatable bonds is 10. The molecular formula is C16H31F3O4. The summed E-state index contributed by atoms with van der Waals surface area (Å²) in [4.78, 5) is 0. The number of hydrogen-bond acceptors (Lipinski definition) is 4. The van der Waals surface area contributed by atoms with Gasteiger partial charge in [0.2, 0.25) is 0 Å². The second-order valence-electron chi connectivity index (χ2n) is 7.26. The molecule has 0 rings (SSSR count). The van der Waals surface area contributed by atoms with Gasteiger partial charge in [-0.1, -0.05) is 13.8 Å². The van der Waals surface area contributed by atoms with Gasteiger partial charge in [0.15, 0.2) is 11.6 Å². The van der Waals surface area contributed by atoms with E-state index in [-0.39, 0.29) is 25.0 Å². The fourth-order valence-corrected chi connectivity index (χ4v) is 2.23. The van der Waals surface area contributed by atoms with Crippen molar-refractivity contribution in [3.63, 3.8) is 0 Å². The molecule has 7 heteroatoms. The molecule has 0 aromatic rings. The number of aliphatic hydroxyl groups is 2. The number of halogens is 3. The first kappa shape index (κ1) is 22.6. The van der Waals surface area contributed by atoms with Gasteiger partial charge in [0.1, 0.15) is 0 Å². The summed E-state index contributed by atoms with van der Waals surface area (Å²) in [5.41, 5.74) is 0. The zero-order valence-corrected chi connectivity index (χ0v) is 14.9. The third kappa shape index (κ3) is 12.7. The van der Waals surface area contributed by atoms with E-state index >= 15 is 0 Å². The van der Waals surface area contributed by atoms with Crippen molar-refractivity contribution in [2.24, 2.45) is 17.8 Å². The molecule has 0 aromatic heterocycles. The molecule has 0 bridgehead atoms. The van der Waals surface area contributed by atoms with Gasteiger partial charge in [-0.3, -0.25) is 0 Å². The van der Waals surface area contributed by atoms with Crippen LogP contribution in [0.1, 0.15) is 54.4 Å². The molecule has 0 aliphatic carbocycles. The average molecular weight is 344 g/mol. The standard InChI is InChI=1S/C16H31F3O4/c1-11(7-8-22-14(3,4)20)12(2)13(9-16(17,18)19)10-23-15(5,6)21/h11-13,20-21H,7-10H2,1-6H3/t11-,12+,13+/m1/s1. The first-order valence-electron chi connectivity index (χ1n) is 7.90. The van der Waals surface area contributed by atoms with Crippen LogP contribution in [0.15, 0.2) is 0 Å². The third-order valence-corrected chi connectivity index (χ3v) is 3.81. The van der Waals surface area contributed by atoms with Crippen LogP contribution in [0.3, 0.4) is 0 Å². The van der Waals surface area contributed by atoms with Crippen LogP contribution in [0.4, 0.5) is 13.2 Å². The molecule has 0 unspecified atom stereocenters. The maximum atomic E-state index is 12.8. The number of ether oxygens (including phenoxy) is 2. The Hall–Kier alpha value is -0.370. The third-order valence-electron chi connectivity index (χ3n) is 3.81. The summed E-state index contributed by atoms with van der Waals surface area (Å²) in [6, 6.07) is 0. The summed E-state index contributed by atoms with van der Waals surface area (Å²) in [6.45, 7) is 9.49. The molecule has 0 amide bonds. The molecular weight excluding hydrogens is 313 g/mol. The predicted octanol–water partition coefficient (Wildman–Crippen LogP) is 3.71. The van der Waals surface area contributed by atoms with Crippen LogP contribution in [0.2, 0.25) is 0 Å². The molecule has 0 radical (unpaired) electrons. The van der Waals surface area contributed by atoms with Crippen LogP contribution in [0.25, 0.3) is 0 Å². The Balaban J connectivity index is 4.66. The van der Waals surface area contributed by atoms with Crippen molar-refractivity contribution >= 4 is 0 Å². The molecule has 0 heterocycles. The Morgan fingerprint density at radius 1 is 0.913 bits per heavy atom. The summed E-state index contributed by atoms with van der Waals surface area (Å²) >= 11 is 0.